The van der Waals surface area contributed by atoms with Gasteiger partial charge in [0.05, 0.1) is 5.52 Å². The Morgan fingerprint density at radius 3 is 2.94 bits per heavy atom. The van der Waals surface area contributed by atoms with E-state index in [0.29, 0.717) is 10.5 Å². The molecule has 1 aliphatic heterocycles. The van der Waals surface area contributed by atoms with Crippen LogP contribution in [0.5, 0.6) is 0 Å². The second kappa shape index (κ2) is 4.39. The summed E-state index contributed by atoms with van der Waals surface area (Å²) in [6.07, 6.45) is 4.49. The highest BCUT2D eigenvalue weighted by atomic mass is 35.5. The summed E-state index contributed by atoms with van der Waals surface area (Å²) in [5, 5.41) is 10.0. The van der Waals surface area contributed by atoms with Crippen LogP contribution in [0, 0.1) is 12.3 Å². The van der Waals surface area contributed by atoms with Gasteiger partial charge in [0, 0.05) is 23.4 Å². The van der Waals surface area contributed by atoms with Crippen molar-refractivity contribution in [1.82, 2.24) is 9.55 Å². The minimum atomic E-state index is 0.589. The first kappa shape index (κ1) is 11.7. The quantitative estimate of drug-likeness (QED) is 0.777. The molecule has 2 heterocycles. The number of aromatic nitrogens is 2. The lowest BCUT2D eigenvalue weighted by molar-refractivity contribution is 0.602. The van der Waals surface area contributed by atoms with E-state index in [2.05, 4.69) is 4.57 Å². The summed E-state index contributed by atoms with van der Waals surface area (Å²) in [5.41, 5.74) is 2.48. The molecule has 3 rings (SSSR count). The average Bonchev–Trinajstić information content (AvgIpc) is 2.53. The SMILES string of the molecule is Cc1cc(Cl)cc2nc3n(c(=N)c12)CCCCC3. The fourth-order valence-corrected chi connectivity index (χ4v) is 3.01. The zero-order chi connectivity index (χ0) is 12.7. The van der Waals surface area contributed by atoms with Crippen LogP contribution in [-0.4, -0.2) is 9.55 Å². The predicted octanol–water partition coefficient (Wildman–Crippen LogP) is 3.20. The van der Waals surface area contributed by atoms with Gasteiger partial charge >= 0.3 is 0 Å². The molecule has 0 amide bonds. The number of hydrogen-bond donors (Lipinski definition) is 1. The summed E-state index contributed by atoms with van der Waals surface area (Å²) in [5.74, 6) is 1.03. The Labute approximate surface area is 111 Å². The Morgan fingerprint density at radius 1 is 1.28 bits per heavy atom. The van der Waals surface area contributed by atoms with Gasteiger partial charge in [-0.1, -0.05) is 18.0 Å². The number of nitrogens with one attached hydrogen (secondary N) is 1. The molecule has 0 saturated carbocycles. The van der Waals surface area contributed by atoms with Gasteiger partial charge in [-0.3, -0.25) is 5.41 Å². The van der Waals surface area contributed by atoms with Crippen molar-refractivity contribution in [3.8, 4) is 0 Å². The molecule has 1 N–H and O–H groups in total. The number of halogens is 1. The van der Waals surface area contributed by atoms with Crippen LogP contribution in [0.15, 0.2) is 12.1 Å². The van der Waals surface area contributed by atoms with E-state index in [1.54, 1.807) is 0 Å². The minimum Gasteiger partial charge on any atom is -0.314 e. The summed E-state index contributed by atoms with van der Waals surface area (Å²) in [4.78, 5) is 4.72. The lowest BCUT2D eigenvalue weighted by Gasteiger charge is -2.13. The molecule has 1 aliphatic rings. The lowest BCUT2D eigenvalue weighted by atomic mass is 10.1. The summed E-state index contributed by atoms with van der Waals surface area (Å²) < 4.78 is 2.07. The first-order chi connectivity index (χ1) is 8.66. The first-order valence-electron chi connectivity index (χ1n) is 6.41. The molecule has 94 valence electrons. The number of rotatable bonds is 0. The predicted molar refractivity (Wildman–Crippen MR) is 72.9 cm³/mol. The highest BCUT2D eigenvalue weighted by molar-refractivity contribution is 6.31. The van der Waals surface area contributed by atoms with Gasteiger partial charge in [-0.15, -0.1) is 0 Å². The fourth-order valence-electron chi connectivity index (χ4n) is 2.75. The number of fused-ring (bicyclic) bond motifs is 2. The molecule has 4 heteroatoms. The summed E-state index contributed by atoms with van der Waals surface area (Å²) in [7, 11) is 0. The number of benzene rings is 1. The molecule has 3 nitrogen and oxygen atoms in total. The van der Waals surface area contributed by atoms with Gasteiger partial charge in [-0.05, 0) is 37.5 Å². The van der Waals surface area contributed by atoms with Crippen LogP contribution in [-0.2, 0) is 13.0 Å². The largest absolute Gasteiger partial charge is 0.314 e. The van der Waals surface area contributed by atoms with Gasteiger partial charge in [0.25, 0.3) is 0 Å². The van der Waals surface area contributed by atoms with E-state index in [0.717, 1.165) is 48.1 Å². The first-order valence-corrected chi connectivity index (χ1v) is 6.79. The Hall–Kier alpha value is -1.35. The molecular weight excluding hydrogens is 246 g/mol. The zero-order valence-electron chi connectivity index (χ0n) is 10.5. The molecule has 2 aromatic rings. The maximum atomic E-state index is 8.41. The Bertz CT molecular complexity index is 673. The summed E-state index contributed by atoms with van der Waals surface area (Å²) in [6.45, 7) is 2.91. The van der Waals surface area contributed by atoms with Crippen molar-refractivity contribution in [2.45, 2.75) is 39.2 Å². The van der Waals surface area contributed by atoms with Crippen LogP contribution in [0.2, 0.25) is 5.02 Å². The van der Waals surface area contributed by atoms with Crippen molar-refractivity contribution in [3.63, 3.8) is 0 Å². The van der Waals surface area contributed by atoms with E-state index in [-0.39, 0.29) is 0 Å². The highest BCUT2D eigenvalue weighted by Crippen LogP contribution is 2.21. The smallest absolute Gasteiger partial charge is 0.135 e. The Morgan fingerprint density at radius 2 is 2.11 bits per heavy atom. The van der Waals surface area contributed by atoms with Crippen molar-refractivity contribution in [1.29, 1.82) is 5.41 Å². The van der Waals surface area contributed by atoms with E-state index >= 15 is 0 Å². The minimum absolute atomic E-state index is 0.589. The van der Waals surface area contributed by atoms with Gasteiger partial charge in [-0.25, -0.2) is 4.98 Å². The van der Waals surface area contributed by atoms with Crippen molar-refractivity contribution in [2.24, 2.45) is 0 Å². The maximum absolute atomic E-state index is 8.41. The Balaban J connectivity index is 2.38. The molecule has 0 unspecified atom stereocenters. The van der Waals surface area contributed by atoms with Gasteiger partial charge in [0.2, 0.25) is 0 Å². The molecular formula is C14H16ClN3. The lowest BCUT2D eigenvalue weighted by Crippen LogP contribution is -2.25. The molecule has 1 aromatic heterocycles. The Kier molecular flexibility index (Phi) is 2.86. The van der Waals surface area contributed by atoms with E-state index in [9.17, 15) is 0 Å². The van der Waals surface area contributed by atoms with Gasteiger partial charge in [-0.2, -0.15) is 0 Å². The fraction of sp³-hybridized carbons (Fsp3) is 0.429. The molecule has 18 heavy (non-hydrogen) atoms. The van der Waals surface area contributed by atoms with Gasteiger partial charge < -0.3 is 4.57 Å². The highest BCUT2D eigenvalue weighted by Gasteiger charge is 2.13. The van der Waals surface area contributed by atoms with Crippen LogP contribution in [0.25, 0.3) is 10.9 Å². The summed E-state index contributed by atoms with van der Waals surface area (Å²) >= 11 is 6.08. The normalized spacial score (nSPS) is 15.4. The average molecular weight is 262 g/mol. The van der Waals surface area contributed by atoms with Gasteiger partial charge in [0.15, 0.2) is 0 Å². The third-order valence-corrected chi connectivity index (χ3v) is 3.85. The molecule has 0 saturated heterocycles. The van der Waals surface area contributed by atoms with Crippen molar-refractivity contribution in [3.05, 3.63) is 34.0 Å². The van der Waals surface area contributed by atoms with E-state index in [1.165, 1.54) is 6.42 Å². The monoisotopic (exact) mass is 261 g/mol. The van der Waals surface area contributed by atoms with Crippen LogP contribution in [0.4, 0.5) is 0 Å². The number of nitrogens with zero attached hydrogens (tertiary/aromatic N) is 2. The number of aryl methyl sites for hydroxylation is 2. The van der Waals surface area contributed by atoms with Crippen molar-refractivity contribution < 1.29 is 0 Å². The molecule has 0 fully saturated rings. The molecule has 0 aliphatic carbocycles. The molecule has 1 aromatic carbocycles. The molecule has 0 radical (unpaired) electrons. The topological polar surface area (TPSA) is 41.7 Å². The molecule has 0 bridgehead atoms. The third kappa shape index (κ3) is 1.83. The van der Waals surface area contributed by atoms with E-state index in [1.807, 2.05) is 19.1 Å². The third-order valence-electron chi connectivity index (χ3n) is 3.63. The van der Waals surface area contributed by atoms with Crippen molar-refractivity contribution >= 4 is 22.5 Å². The van der Waals surface area contributed by atoms with Gasteiger partial charge in [0.1, 0.15) is 11.3 Å². The van der Waals surface area contributed by atoms with E-state index < -0.39 is 0 Å². The summed E-state index contributed by atoms with van der Waals surface area (Å²) in [6, 6.07) is 3.78. The second-order valence-electron chi connectivity index (χ2n) is 4.96. The molecule has 0 spiro atoms. The molecule has 0 atom stereocenters. The van der Waals surface area contributed by atoms with Crippen LogP contribution < -0.4 is 5.49 Å². The number of hydrogen-bond acceptors (Lipinski definition) is 2. The maximum Gasteiger partial charge on any atom is 0.135 e. The standard InChI is InChI=1S/C14H16ClN3/c1-9-7-10(15)8-11-13(9)14(16)18-6-4-2-3-5-12(18)17-11/h7-8,16H,2-6H2,1H3. The van der Waals surface area contributed by atoms with Crippen LogP contribution in [0.1, 0.15) is 30.7 Å². The van der Waals surface area contributed by atoms with Crippen LogP contribution in [0.3, 0.4) is 0 Å². The zero-order valence-corrected chi connectivity index (χ0v) is 11.2. The van der Waals surface area contributed by atoms with Crippen LogP contribution >= 0.6 is 11.6 Å². The van der Waals surface area contributed by atoms with E-state index in [4.69, 9.17) is 22.0 Å². The second-order valence-corrected chi connectivity index (χ2v) is 5.39. The van der Waals surface area contributed by atoms with Crippen molar-refractivity contribution in [2.75, 3.05) is 0 Å².